The summed E-state index contributed by atoms with van der Waals surface area (Å²) in [5.74, 6) is -1.49. The van der Waals surface area contributed by atoms with Gasteiger partial charge in [-0.3, -0.25) is 24.2 Å². The molecule has 1 saturated carbocycles. The molecule has 1 saturated heterocycles. The third-order valence-corrected chi connectivity index (χ3v) is 8.92. The molecule has 48 heavy (non-hydrogen) atoms. The van der Waals surface area contributed by atoms with Crippen LogP contribution >= 0.6 is 0 Å². The first-order chi connectivity index (χ1) is 23.2. The zero-order valence-electron chi connectivity index (χ0n) is 27.0. The average Bonchev–Trinajstić information content (AvgIpc) is 3.45. The highest BCUT2D eigenvalue weighted by Crippen LogP contribution is 2.29. The summed E-state index contributed by atoms with van der Waals surface area (Å²) in [4.78, 5) is 61.0. The van der Waals surface area contributed by atoms with Gasteiger partial charge in [0, 0.05) is 61.7 Å². The van der Waals surface area contributed by atoms with Crippen molar-refractivity contribution in [3.63, 3.8) is 0 Å². The number of halogens is 1. The lowest BCUT2D eigenvalue weighted by atomic mass is 9.93. The largest absolute Gasteiger partial charge is 0.457 e. The molecular weight excluding hydrogens is 617 g/mol. The predicted molar refractivity (Wildman–Crippen MR) is 174 cm³/mol. The predicted octanol–water partition coefficient (Wildman–Crippen LogP) is 4.01. The Morgan fingerprint density at radius 3 is 2.67 bits per heavy atom. The third-order valence-electron chi connectivity index (χ3n) is 8.92. The van der Waals surface area contributed by atoms with Gasteiger partial charge in [-0.15, -0.1) is 0 Å². The number of ether oxygens (including phenoxy) is 2. The molecule has 1 aromatic heterocycles. The Hall–Kier alpha value is -4.84. The molecule has 6 rings (SSSR count). The number of fused-ring (bicyclic) bond motifs is 5. The van der Waals surface area contributed by atoms with E-state index in [0.29, 0.717) is 18.4 Å². The van der Waals surface area contributed by atoms with Gasteiger partial charge in [-0.2, -0.15) is 0 Å². The number of pyridine rings is 1. The van der Waals surface area contributed by atoms with Crippen molar-refractivity contribution in [1.82, 2.24) is 25.4 Å². The molecule has 1 aliphatic carbocycles. The molecule has 3 heterocycles. The Morgan fingerprint density at radius 2 is 1.92 bits per heavy atom. The van der Waals surface area contributed by atoms with E-state index in [0.717, 1.165) is 24.8 Å². The number of aryl methyl sites for hydroxylation is 1. The summed E-state index contributed by atoms with van der Waals surface area (Å²) in [5, 5.41) is 5.98. The summed E-state index contributed by atoms with van der Waals surface area (Å²) < 4.78 is 27.1. The van der Waals surface area contributed by atoms with Crippen LogP contribution in [0.3, 0.4) is 0 Å². The fraction of sp³-hybridized carbons (Fsp3) is 0.417. The first-order valence-electron chi connectivity index (χ1n) is 16.5. The normalized spacial score (nSPS) is 20.0. The minimum Gasteiger partial charge on any atom is -0.457 e. The number of benzene rings is 2. The number of rotatable bonds is 7. The maximum absolute atomic E-state index is 14.8. The van der Waals surface area contributed by atoms with Crippen LogP contribution in [-0.2, 0) is 27.4 Å². The van der Waals surface area contributed by atoms with Crippen molar-refractivity contribution in [2.45, 2.75) is 70.2 Å². The summed E-state index contributed by atoms with van der Waals surface area (Å²) in [6.45, 7) is 2.42. The van der Waals surface area contributed by atoms with Gasteiger partial charge in [0.05, 0.1) is 25.3 Å². The lowest BCUT2D eigenvalue weighted by Crippen LogP contribution is -2.49. The van der Waals surface area contributed by atoms with Gasteiger partial charge in [-0.1, -0.05) is 13.0 Å². The SMILES string of the molecule is CCCN1CC(=O)N[C@@H]2CN(C(=O)CCc3cccnc3)C[C@H]2OCc2cc(F)cc(c2)Oc2cc(C(=O)NC3CCC3)cc(c2)C1=O. The minimum atomic E-state index is -0.573. The van der Waals surface area contributed by atoms with Crippen molar-refractivity contribution in [3.8, 4) is 11.5 Å². The topological polar surface area (TPSA) is 130 Å². The second kappa shape index (κ2) is 14.9. The first kappa shape index (κ1) is 33.1. The van der Waals surface area contributed by atoms with Crippen LogP contribution in [0.15, 0.2) is 60.9 Å². The zero-order valence-corrected chi connectivity index (χ0v) is 27.0. The maximum Gasteiger partial charge on any atom is 0.254 e. The Balaban J connectivity index is 1.27. The van der Waals surface area contributed by atoms with E-state index < -0.39 is 29.8 Å². The van der Waals surface area contributed by atoms with Crippen molar-refractivity contribution in [2.24, 2.45) is 0 Å². The van der Waals surface area contributed by atoms with E-state index in [2.05, 4.69) is 15.6 Å². The summed E-state index contributed by atoms with van der Waals surface area (Å²) >= 11 is 0. The molecule has 252 valence electrons. The zero-order chi connectivity index (χ0) is 33.6. The molecule has 0 unspecified atom stereocenters. The van der Waals surface area contributed by atoms with Crippen molar-refractivity contribution in [1.29, 1.82) is 0 Å². The summed E-state index contributed by atoms with van der Waals surface area (Å²) in [7, 11) is 0. The summed E-state index contributed by atoms with van der Waals surface area (Å²) in [5.41, 5.74) is 1.82. The lowest BCUT2D eigenvalue weighted by molar-refractivity contribution is -0.130. The van der Waals surface area contributed by atoms with Crippen LogP contribution in [-0.4, -0.2) is 82.8 Å². The highest BCUT2D eigenvalue weighted by atomic mass is 19.1. The fourth-order valence-electron chi connectivity index (χ4n) is 6.21. The van der Waals surface area contributed by atoms with Crippen LogP contribution in [0.1, 0.15) is 70.9 Å². The van der Waals surface area contributed by atoms with Crippen LogP contribution in [0.25, 0.3) is 0 Å². The van der Waals surface area contributed by atoms with Crippen molar-refractivity contribution >= 4 is 23.6 Å². The number of hydrogen-bond donors (Lipinski definition) is 2. The Bertz CT molecular complexity index is 1670. The number of carbonyl (C=O) groups is 4. The summed E-state index contributed by atoms with van der Waals surface area (Å²) in [6.07, 6.45) is 7.03. The Morgan fingerprint density at radius 1 is 1.08 bits per heavy atom. The van der Waals surface area contributed by atoms with E-state index in [1.54, 1.807) is 23.4 Å². The van der Waals surface area contributed by atoms with E-state index in [1.165, 1.54) is 35.2 Å². The van der Waals surface area contributed by atoms with Crippen molar-refractivity contribution in [3.05, 3.63) is 89.0 Å². The van der Waals surface area contributed by atoms with E-state index >= 15 is 0 Å². The lowest BCUT2D eigenvalue weighted by Gasteiger charge is -2.27. The second-order valence-corrected chi connectivity index (χ2v) is 12.7. The molecule has 2 aliphatic heterocycles. The first-order valence-corrected chi connectivity index (χ1v) is 16.5. The highest BCUT2D eigenvalue weighted by Gasteiger charge is 2.37. The molecule has 2 N–H and O–H groups in total. The van der Waals surface area contributed by atoms with E-state index in [-0.39, 0.29) is 79.7 Å². The maximum atomic E-state index is 14.8. The Kier molecular flexibility index (Phi) is 10.3. The molecule has 4 bridgehead atoms. The van der Waals surface area contributed by atoms with Crippen LogP contribution in [0.5, 0.6) is 11.5 Å². The minimum absolute atomic E-state index is 0.00159. The van der Waals surface area contributed by atoms with E-state index in [1.807, 2.05) is 19.1 Å². The monoisotopic (exact) mass is 657 g/mol. The molecule has 3 aromatic rings. The molecule has 11 nitrogen and oxygen atoms in total. The van der Waals surface area contributed by atoms with Crippen LogP contribution < -0.4 is 15.4 Å². The number of hydrogen-bond acceptors (Lipinski definition) is 7. The average molecular weight is 658 g/mol. The highest BCUT2D eigenvalue weighted by molar-refractivity contribution is 6.01. The van der Waals surface area contributed by atoms with Gasteiger partial charge >= 0.3 is 0 Å². The van der Waals surface area contributed by atoms with Crippen molar-refractivity contribution in [2.75, 3.05) is 26.2 Å². The van der Waals surface area contributed by atoms with E-state index in [4.69, 9.17) is 9.47 Å². The van der Waals surface area contributed by atoms with Gasteiger partial charge in [-0.25, -0.2) is 4.39 Å². The van der Waals surface area contributed by atoms with E-state index in [9.17, 15) is 23.6 Å². The van der Waals surface area contributed by atoms with Crippen molar-refractivity contribution < 1.29 is 33.0 Å². The second-order valence-electron chi connectivity index (χ2n) is 12.7. The summed E-state index contributed by atoms with van der Waals surface area (Å²) in [6, 6.07) is 12.0. The number of nitrogens with one attached hydrogen (secondary N) is 2. The van der Waals surface area contributed by atoms with Gasteiger partial charge in [0.15, 0.2) is 0 Å². The molecular formula is C36H40FN5O6. The molecule has 2 atom stereocenters. The number of amides is 4. The number of nitrogens with zero attached hydrogens (tertiary/aromatic N) is 3. The molecule has 2 aromatic carbocycles. The quantitative estimate of drug-likeness (QED) is 0.393. The molecule has 0 radical (unpaired) electrons. The molecule has 12 heteroatoms. The number of likely N-dealkylation sites (tertiary alicyclic amines) is 1. The van der Waals surface area contributed by atoms with Gasteiger partial charge in [0.25, 0.3) is 11.8 Å². The van der Waals surface area contributed by atoms with Crippen LogP contribution in [0, 0.1) is 5.82 Å². The van der Waals surface area contributed by atoms with Crippen LogP contribution in [0.2, 0.25) is 0 Å². The Labute approximate surface area is 278 Å². The number of aromatic nitrogens is 1. The van der Waals surface area contributed by atoms with Gasteiger partial charge < -0.3 is 29.9 Å². The van der Waals surface area contributed by atoms with Gasteiger partial charge in [0.1, 0.15) is 17.3 Å². The third kappa shape index (κ3) is 8.17. The molecule has 4 amide bonds. The standard InChI is InChI=1S/C36H40FN5O6/c1-2-11-41-21-33(43)40-31-19-42(34(44)9-8-23-5-4-10-38-18-23)20-32(31)47-22-24-12-27(37)17-29(13-24)48-30-15-25(14-26(16-30)36(41)46)35(45)39-28-6-3-7-28/h4-5,10,12-18,28,31-32H,2-3,6-9,11,19-22H2,1H3,(H,39,45)(H,40,43)/t31-,32-/m1/s1. The van der Waals surface area contributed by atoms with Gasteiger partial charge in [-0.05, 0) is 79.6 Å². The number of carbonyl (C=O) groups excluding carboxylic acids is 4. The van der Waals surface area contributed by atoms with Gasteiger partial charge in [0.2, 0.25) is 11.8 Å². The molecule has 2 fully saturated rings. The smallest absolute Gasteiger partial charge is 0.254 e. The van der Waals surface area contributed by atoms with Crippen LogP contribution in [0.4, 0.5) is 4.39 Å². The molecule has 0 spiro atoms. The fourth-order valence-corrected chi connectivity index (χ4v) is 6.21. The molecule has 3 aliphatic rings.